The molecule has 2 aromatic carbocycles. The predicted octanol–water partition coefficient (Wildman–Crippen LogP) is 8.08. The SMILES string of the molecule is CCOc1ccc(C(=O)N(CCCC[C@@H]2Cc3cc(O)ccc3[C@@H]3[C@@H]2[C@@H]2CC[C@H](O)[C@@]2(C)C[C@@H]3F)CC2CCCCC2)cc1. The number of aromatic hydroxyl groups is 1. The Morgan fingerprint density at radius 1 is 1.05 bits per heavy atom. The second-order valence-electron chi connectivity index (χ2n) is 14.6. The summed E-state index contributed by atoms with van der Waals surface area (Å²) in [6.45, 7) is 6.22. The van der Waals surface area contributed by atoms with Crippen molar-refractivity contribution in [1.29, 1.82) is 0 Å². The van der Waals surface area contributed by atoms with E-state index in [1.807, 2.05) is 43.3 Å². The lowest BCUT2D eigenvalue weighted by Gasteiger charge is -2.54. The van der Waals surface area contributed by atoms with Gasteiger partial charge in [-0.15, -0.1) is 0 Å². The van der Waals surface area contributed by atoms with Crippen molar-refractivity contribution in [2.75, 3.05) is 19.7 Å². The fourth-order valence-electron chi connectivity index (χ4n) is 9.74. The van der Waals surface area contributed by atoms with Gasteiger partial charge in [0.15, 0.2) is 0 Å². The first-order valence-corrected chi connectivity index (χ1v) is 17.4. The van der Waals surface area contributed by atoms with Crippen LogP contribution in [0.25, 0.3) is 0 Å². The smallest absolute Gasteiger partial charge is 0.253 e. The van der Waals surface area contributed by atoms with E-state index in [-0.39, 0.29) is 28.9 Å². The molecule has 4 aliphatic carbocycles. The number of benzene rings is 2. The maximum atomic E-state index is 16.1. The van der Waals surface area contributed by atoms with Crippen LogP contribution in [0.5, 0.6) is 11.5 Å². The van der Waals surface area contributed by atoms with Crippen LogP contribution in [0.4, 0.5) is 4.39 Å². The normalized spacial score (nSPS) is 31.5. The average Bonchev–Trinajstić information content (AvgIpc) is 3.32. The number of aliphatic hydroxyl groups is 1. The first-order chi connectivity index (χ1) is 21.3. The van der Waals surface area contributed by atoms with Crippen LogP contribution >= 0.6 is 0 Å². The largest absolute Gasteiger partial charge is 0.508 e. The van der Waals surface area contributed by atoms with Crippen molar-refractivity contribution in [3.63, 3.8) is 0 Å². The first kappa shape index (κ1) is 31.4. The fourth-order valence-corrected chi connectivity index (χ4v) is 9.74. The zero-order valence-corrected chi connectivity index (χ0v) is 26.7. The molecule has 0 bridgehead atoms. The Morgan fingerprint density at radius 3 is 2.57 bits per heavy atom. The van der Waals surface area contributed by atoms with Crippen LogP contribution in [-0.4, -0.2) is 53.0 Å². The maximum absolute atomic E-state index is 16.1. The molecule has 0 aliphatic heterocycles. The van der Waals surface area contributed by atoms with Gasteiger partial charge in [-0.1, -0.05) is 38.7 Å². The van der Waals surface area contributed by atoms with E-state index in [1.54, 1.807) is 6.07 Å². The topological polar surface area (TPSA) is 70.0 Å². The molecule has 5 nitrogen and oxygen atoms in total. The van der Waals surface area contributed by atoms with Crippen LogP contribution in [0.2, 0.25) is 0 Å². The van der Waals surface area contributed by atoms with Gasteiger partial charge in [-0.3, -0.25) is 4.79 Å². The summed E-state index contributed by atoms with van der Waals surface area (Å²) >= 11 is 0. The van der Waals surface area contributed by atoms with Crippen molar-refractivity contribution in [3.8, 4) is 11.5 Å². The molecule has 3 saturated carbocycles. The van der Waals surface area contributed by atoms with Crippen LogP contribution in [0.3, 0.4) is 0 Å². The number of nitrogens with zero attached hydrogens (tertiary/aromatic N) is 1. The molecular formula is C38H52FNO4. The molecular weight excluding hydrogens is 553 g/mol. The van der Waals surface area contributed by atoms with Crippen molar-refractivity contribution >= 4 is 5.91 Å². The lowest BCUT2D eigenvalue weighted by molar-refractivity contribution is -0.0722. The standard InChI is InChI=1S/C38H52FNO4/c1-3-44-30-15-12-26(13-16-30)37(43)40(24-25-9-5-4-6-10-25)20-8-7-11-27-21-28-22-29(41)14-17-31(28)36-33(39)23-38(2)32(35(27)36)18-19-34(38)42/h12-17,22,25,27,32-36,41-42H,3-11,18-21,23-24H2,1-2H3/t27-,32+,33+,34+,35+,36+,38+/m1/s1. The van der Waals surface area contributed by atoms with E-state index in [0.717, 1.165) is 68.5 Å². The quantitative estimate of drug-likeness (QED) is 0.269. The second kappa shape index (κ2) is 13.4. The number of hydrogen-bond donors (Lipinski definition) is 2. The number of aliphatic hydroxyl groups excluding tert-OH is 1. The zero-order chi connectivity index (χ0) is 30.8. The zero-order valence-electron chi connectivity index (χ0n) is 26.7. The molecule has 44 heavy (non-hydrogen) atoms. The summed E-state index contributed by atoms with van der Waals surface area (Å²) in [6.07, 6.45) is 10.6. The average molecular weight is 606 g/mol. The number of carbonyl (C=O) groups is 1. The molecule has 4 aliphatic rings. The van der Waals surface area contributed by atoms with Crippen LogP contribution in [0.1, 0.15) is 112 Å². The highest BCUT2D eigenvalue weighted by atomic mass is 19.1. The van der Waals surface area contributed by atoms with Crippen molar-refractivity contribution in [2.45, 2.75) is 109 Å². The van der Waals surface area contributed by atoms with E-state index in [1.165, 1.54) is 32.1 Å². The molecule has 0 saturated heterocycles. The van der Waals surface area contributed by atoms with Crippen molar-refractivity contribution < 1.29 is 24.1 Å². The number of unbranched alkanes of at least 4 members (excludes halogenated alkanes) is 1. The number of alkyl halides is 1. The number of ether oxygens (including phenoxy) is 1. The highest BCUT2D eigenvalue weighted by Crippen LogP contribution is 2.63. The molecule has 0 aromatic heterocycles. The summed E-state index contributed by atoms with van der Waals surface area (Å²) in [5.41, 5.74) is 2.50. The Labute approximate surface area is 263 Å². The molecule has 240 valence electrons. The number of phenols is 1. The third-order valence-corrected chi connectivity index (χ3v) is 11.9. The molecule has 6 rings (SSSR count). The summed E-state index contributed by atoms with van der Waals surface area (Å²) in [5.74, 6) is 2.34. The molecule has 7 atom stereocenters. The molecule has 3 fully saturated rings. The number of hydrogen-bond acceptors (Lipinski definition) is 4. The van der Waals surface area contributed by atoms with Crippen molar-refractivity contribution in [3.05, 3.63) is 59.2 Å². The summed E-state index contributed by atoms with van der Waals surface area (Å²) in [5, 5.41) is 21.3. The van der Waals surface area contributed by atoms with Gasteiger partial charge in [-0.2, -0.15) is 0 Å². The minimum absolute atomic E-state index is 0.101. The highest BCUT2D eigenvalue weighted by molar-refractivity contribution is 5.94. The van der Waals surface area contributed by atoms with Gasteiger partial charge in [0.1, 0.15) is 17.7 Å². The van der Waals surface area contributed by atoms with Gasteiger partial charge in [0, 0.05) is 24.6 Å². The van der Waals surface area contributed by atoms with Crippen LogP contribution in [-0.2, 0) is 6.42 Å². The molecule has 0 unspecified atom stereocenters. The number of rotatable bonds is 10. The van der Waals surface area contributed by atoms with Gasteiger partial charge in [-0.25, -0.2) is 4.39 Å². The Kier molecular flexibility index (Phi) is 9.56. The highest BCUT2D eigenvalue weighted by Gasteiger charge is 2.59. The Hall–Kier alpha value is -2.60. The van der Waals surface area contributed by atoms with E-state index in [4.69, 9.17) is 4.74 Å². The number of amides is 1. The fraction of sp³-hybridized carbons (Fsp3) is 0.658. The van der Waals surface area contributed by atoms with E-state index < -0.39 is 12.3 Å². The van der Waals surface area contributed by atoms with Gasteiger partial charge >= 0.3 is 0 Å². The second-order valence-corrected chi connectivity index (χ2v) is 14.6. The Morgan fingerprint density at radius 2 is 1.82 bits per heavy atom. The Bertz CT molecular complexity index is 1280. The summed E-state index contributed by atoms with van der Waals surface area (Å²) in [6, 6.07) is 13.1. The van der Waals surface area contributed by atoms with E-state index in [0.29, 0.717) is 36.3 Å². The van der Waals surface area contributed by atoms with Gasteiger partial charge < -0.3 is 19.8 Å². The third-order valence-electron chi connectivity index (χ3n) is 11.9. The molecule has 1 amide bonds. The monoisotopic (exact) mass is 605 g/mol. The van der Waals surface area contributed by atoms with E-state index in [9.17, 15) is 15.0 Å². The number of fused-ring (bicyclic) bond motifs is 5. The number of carbonyl (C=O) groups excluding carboxylic acids is 1. The molecule has 0 radical (unpaired) electrons. The maximum Gasteiger partial charge on any atom is 0.253 e. The summed E-state index contributed by atoms with van der Waals surface area (Å²) in [4.78, 5) is 15.9. The number of halogens is 1. The molecule has 2 N–H and O–H groups in total. The minimum atomic E-state index is -0.988. The van der Waals surface area contributed by atoms with Gasteiger partial charge in [0.25, 0.3) is 5.91 Å². The van der Waals surface area contributed by atoms with Gasteiger partial charge in [-0.05, 0) is 135 Å². The van der Waals surface area contributed by atoms with Crippen LogP contribution in [0, 0.1) is 29.1 Å². The van der Waals surface area contributed by atoms with E-state index in [2.05, 4.69) is 11.8 Å². The van der Waals surface area contributed by atoms with Gasteiger partial charge in [0.2, 0.25) is 0 Å². The number of phenolic OH excluding ortho intramolecular Hbond substituents is 1. The van der Waals surface area contributed by atoms with E-state index >= 15 is 4.39 Å². The van der Waals surface area contributed by atoms with Crippen LogP contribution < -0.4 is 4.74 Å². The van der Waals surface area contributed by atoms with Gasteiger partial charge in [0.05, 0.1) is 12.7 Å². The summed E-state index contributed by atoms with van der Waals surface area (Å²) < 4.78 is 21.7. The first-order valence-electron chi connectivity index (χ1n) is 17.4. The third kappa shape index (κ3) is 6.25. The lowest BCUT2D eigenvalue weighted by atomic mass is 9.51. The lowest BCUT2D eigenvalue weighted by Crippen LogP contribution is -2.51. The van der Waals surface area contributed by atoms with Crippen molar-refractivity contribution in [1.82, 2.24) is 4.90 Å². The summed E-state index contributed by atoms with van der Waals surface area (Å²) in [7, 11) is 0. The Balaban J connectivity index is 1.16. The molecule has 2 aromatic rings. The molecule has 6 heteroatoms. The molecule has 0 heterocycles. The van der Waals surface area contributed by atoms with Crippen LogP contribution in [0.15, 0.2) is 42.5 Å². The predicted molar refractivity (Wildman–Crippen MR) is 172 cm³/mol. The molecule has 0 spiro atoms. The minimum Gasteiger partial charge on any atom is -0.508 e. The van der Waals surface area contributed by atoms with Crippen molar-refractivity contribution in [2.24, 2.45) is 29.1 Å².